The van der Waals surface area contributed by atoms with Crippen LogP contribution in [0.5, 0.6) is 17.2 Å². The van der Waals surface area contributed by atoms with Gasteiger partial charge in [0.05, 0.1) is 18.6 Å². The summed E-state index contributed by atoms with van der Waals surface area (Å²) < 4.78 is 29.9. The van der Waals surface area contributed by atoms with Gasteiger partial charge in [0.15, 0.2) is 11.5 Å². The number of carbonyl (C=O) groups excluding carboxylic acids is 2. The molecule has 0 bridgehead atoms. The number of nitrogens with zero attached hydrogens (tertiary/aromatic N) is 1. The largest absolute Gasteiger partial charge is 0.493 e. The zero-order chi connectivity index (χ0) is 24.8. The van der Waals surface area contributed by atoms with Crippen LogP contribution in [0.15, 0.2) is 71.6 Å². The summed E-state index contributed by atoms with van der Waals surface area (Å²) in [4.78, 5) is 26.7. The Morgan fingerprint density at radius 3 is 2.43 bits per heavy atom. The monoisotopic (exact) mass is 513 g/mol. The Labute approximate surface area is 211 Å². The summed E-state index contributed by atoms with van der Waals surface area (Å²) in [5.41, 5.74) is 1.46. The molecule has 1 aliphatic heterocycles. The smallest absolute Gasteiger partial charge is 0.293 e. The minimum Gasteiger partial charge on any atom is -0.493 e. The third-order valence-electron chi connectivity index (χ3n) is 5.06. The fraction of sp³-hybridized carbons (Fsp3) is 0.154. The quantitative estimate of drug-likeness (QED) is 0.318. The van der Waals surface area contributed by atoms with Crippen LogP contribution in [0.3, 0.4) is 0 Å². The summed E-state index contributed by atoms with van der Waals surface area (Å²) in [5, 5.41) is 0.234. The zero-order valence-electron chi connectivity index (χ0n) is 18.7. The maximum Gasteiger partial charge on any atom is 0.293 e. The number of halogens is 2. The van der Waals surface area contributed by atoms with E-state index in [2.05, 4.69) is 0 Å². The average Bonchev–Trinajstić information content (AvgIpc) is 3.12. The van der Waals surface area contributed by atoms with Crippen molar-refractivity contribution in [1.82, 2.24) is 4.90 Å². The summed E-state index contributed by atoms with van der Waals surface area (Å²) in [6.45, 7) is 0.500. The molecule has 6 nitrogen and oxygen atoms in total. The van der Waals surface area contributed by atoms with Gasteiger partial charge in [0, 0.05) is 5.02 Å². The first-order chi connectivity index (χ1) is 16.9. The van der Waals surface area contributed by atoms with E-state index in [1.807, 2.05) is 0 Å². The fourth-order valence-electron chi connectivity index (χ4n) is 3.27. The number of rotatable bonds is 9. The van der Waals surface area contributed by atoms with Crippen molar-refractivity contribution in [1.29, 1.82) is 0 Å². The molecule has 2 amide bonds. The zero-order valence-corrected chi connectivity index (χ0v) is 20.3. The van der Waals surface area contributed by atoms with E-state index in [1.54, 1.807) is 60.7 Å². The first-order valence-corrected chi connectivity index (χ1v) is 11.8. The molecule has 0 atom stereocenters. The Morgan fingerprint density at radius 1 is 0.971 bits per heavy atom. The number of hydrogen-bond acceptors (Lipinski definition) is 6. The lowest BCUT2D eigenvalue weighted by Gasteiger charge is -2.13. The maximum absolute atomic E-state index is 13.1. The van der Waals surface area contributed by atoms with Gasteiger partial charge in [0.1, 0.15) is 24.8 Å². The van der Waals surface area contributed by atoms with Crippen LogP contribution in [0.25, 0.3) is 6.08 Å². The molecule has 3 aromatic carbocycles. The molecular formula is C26H21ClFNO5S. The maximum atomic E-state index is 13.1. The molecule has 0 unspecified atom stereocenters. The summed E-state index contributed by atoms with van der Waals surface area (Å²) in [6.07, 6.45) is 1.63. The van der Waals surface area contributed by atoms with Gasteiger partial charge in [-0.3, -0.25) is 14.5 Å². The number of ether oxygens (including phenoxy) is 3. The second-order valence-electron chi connectivity index (χ2n) is 7.46. The first kappa shape index (κ1) is 24.6. The molecule has 1 aliphatic rings. The number of amides is 2. The molecule has 1 heterocycles. The second kappa shape index (κ2) is 11.3. The van der Waals surface area contributed by atoms with E-state index in [9.17, 15) is 14.0 Å². The van der Waals surface area contributed by atoms with Crippen molar-refractivity contribution in [2.24, 2.45) is 0 Å². The Balaban J connectivity index is 1.41. The van der Waals surface area contributed by atoms with Gasteiger partial charge >= 0.3 is 0 Å². The second-order valence-corrected chi connectivity index (χ2v) is 8.89. The van der Waals surface area contributed by atoms with Crippen LogP contribution < -0.4 is 14.2 Å². The first-order valence-electron chi connectivity index (χ1n) is 10.6. The Kier molecular flexibility index (Phi) is 7.94. The topological polar surface area (TPSA) is 65.1 Å². The van der Waals surface area contributed by atoms with Crippen molar-refractivity contribution in [2.45, 2.75) is 6.61 Å². The SMILES string of the molecule is COc1ccc(/C=C2\SC(=O)N(CCOc3ccc(Cl)cc3)C2=O)cc1OCc1ccc(F)cc1. The predicted molar refractivity (Wildman–Crippen MR) is 133 cm³/mol. The molecule has 1 saturated heterocycles. The summed E-state index contributed by atoms with van der Waals surface area (Å²) in [6, 6.07) is 18.0. The van der Waals surface area contributed by atoms with Crippen LogP contribution in [0.2, 0.25) is 5.02 Å². The van der Waals surface area contributed by atoms with E-state index in [0.29, 0.717) is 32.7 Å². The standard InChI is InChI=1S/C26H21ClFNO5S/c1-32-22-11-4-18(14-23(22)34-16-17-2-7-20(28)8-3-17)15-24-25(30)29(26(31)35-24)12-13-33-21-9-5-19(27)6-10-21/h2-11,14-15H,12-13,16H2,1H3/b24-15-. The van der Waals surface area contributed by atoms with Crippen LogP contribution in [0.4, 0.5) is 9.18 Å². The van der Waals surface area contributed by atoms with Gasteiger partial charge in [-0.15, -0.1) is 0 Å². The van der Waals surface area contributed by atoms with Gasteiger partial charge < -0.3 is 14.2 Å². The Morgan fingerprint density at radius 2 is 1.71 bits per heavy atom. The molecule has 0 N–H and O–H groups in total. The van der Waals surface area contributed by atoms with Gasteiger partial charge in [-0.2, -0.15) is 0 Å². The van der Waals surface area contributed by atoms with E-state index in [4.69, 9.17) is 25.8 Å². The molecule has 3 aromatic rings. The van der Waals surface area contributed by atoms with Gasteiger partial charge in [-0.05, 0) is 77.5 Å². The molecule has 4 rings (SSSR count). The van der Waals surface area contributed by atoms with Crippen molar-refractivity contribution in [3.05, 3.63) is 93.6 Å². The Bertz CT molecular complexity index is 1250. The minimum absolute atomic E-state index is 0.124. The lowest BCUT2D eigenvalue weighted by Crippen LogP contribution is -2.32. The molecule has 1 fully saturated rings. The number of imide groups is 1. The van der Waals surface area contributed by atoms with E-state index in [1.165, 1.54) is 19.2 Å². The number of hydrogen-bond donors (Lipinski definition) is 0. The van der Waals surface area contributed by atoms with Gasteiger partial charge in [0.2, 0.25) is 0 Å². The molecule has 35 heavy (non-hydrogen) atoms. The highest BCUT2D eigenvalue weighted by molar-refractivity contribution is 8.18. The van der Waals surface area contributed by atoms with E-state index >= 15 is 0 Å². The van der Waals surface area contributed by atoms with Gasteiger partial charge in [0.25, 0.3) is 11.1 Å². The molecule has 0 radical (unpaired) electrons. The van der Waals surface area contributed by atoms with Crippen molar-refractivity contribution in [3.8, 4) is 17.2 Å². The van der Waals surface area contributed by atoms with Crippen LogP contribution >= 0.6 is 23.4 Å². The van der Waals surface area contributed by atoms with Crippen molar-refractivity contribution >= 4 is 40.6 Å². The summed E-state index contributed by atoms with van der Waals surface area (Å²) >= 11 is 6.73. The molecule has 0 saturated carbocycles. The lowest BCUT2D eigenvalue weighted by molar-refractivity contribution is -0.123. The summed E-state index contributed by atoms with van der Waals surface area (Å²) in [5.74, 6) is 0.865. The van der Waals surface area contributed by atoms with Crippen molar-refractivity contribution in [2.75, 3.05) is 20.3 Å². The van der Waals surface area contributed by atoms with E-state index in [-0.39, 0.29) is 36.7 Å². The third kappa shape index (κ3) is 6.35. The number of thioether (sulfide) groups is 1. The van der Waals surface area contributed by atoms with E-state index < -0.39 is 0 Å². The number of carbonyl (C=O) groups is 2. The highest BCUT2D eigenvalue weighted by Crippen LogP contribution is 2.34. The van der Waals surface area contributed by atoms with Crippen LogP contribution in [0, 0.1) is 5.82 Å². The van der Waals surface area contributed by atoms with Crippen molar-refractivity contribution < 1.29 is 28.2 Å². The highest BCUT2D eigenvalue weighted by Gasteiger charge is 2.34. The van der Waals surface area contributed by atoms with Crippen molar-refractivity contribution in [3.63, 3.8) is 0 Å². The van der Waals surface area contributed by atoms with Crippen LogP contribution in [-0.4, -0.2) is 36.3 Å². The lowest BCUT2D eigenvalue weighted by atomic mass is 10.1. The van der Waals surface area contributed by atoms with Gasteiger partial charge in [-0.1, -0.05) is 29.8 Å². The van der Waals surface area contributed by atoms with E-state index in [0.717, 1.165) is 22.2 Å². The van der Waals surface area contributed by atoms with Crippen LogP contribution in [-0.2, 0) is 11.4 Å². The van der Waals surface area contributed by atoms with Crippen LogP contribution in [0.1, 0.15) is 11.1 Å². The molecular weight excluding hydrogens is 493 g/mol. The fourth-order valence-corrected chi connectivity index (χ4v) is 4.26. The third-order valence-corrected chi connectivity index (χ3v) is 6.22. The van der Waals surface area contributed by atoms with Gasteiger partial charge in [-0.25, -0.2) is 4.39 Å². The molecule has 0 aromatic heterocycles. The summed E-state index contributed by atoms with van der Waals surface area (Å²) in [7, 11) is 1.53. The normalized spacial score (nSPS) is 14.5. The number of methoxy groups -OCH3 is 1. The molecule has 0 spiro atoms. The number of benzene rings is 3. The minimum atomic E-state index is -0.385. The molecule has 0 aliphatic carbocycles. The predicted octanol–water partition coefficient (Wildman–Crippen LogP) is 6.18. The average molecular weight is 514 g/mol. The molecule has 9 heteroatoms. The Hall–Kier alpha value is -3.49. The molecule has 180 valence electrons. The highest BCUT2D eigenvalue weighted by atomic mass is 35.5.